The lowest BCUT2D eigenvalue weighted by atomic mass is 10.2. The molecule has 0 aromatic heterocycles. The molecular weight excluding hydrogens is 260 g/mol. The van der Waals surface area contributed by atoms with E-state index in [4.69, 9.17) is 0 Å². The molecule has 1 saturated heterocycles. The monoisotopic (exact) mass is 280 g/mol. The first kappa shape index (κ1) is 14.4. The number of benzene rings is 1. The third-order valence-electron chi connectivity index (χ3n) is 3.55. The lowest BCUT2D eigenvalue weighted by Gasteiger charge is -2.21. The first-order valence-electron chi connectivity index (χ1n) is 6.31. The Morgan fingerprint density at radius 2 is 2.05 bits per heavy atom. The molecule has 1 amide bonds. The summed E-state index contributed by atoms with van der Waals surface area (Å²) in [4.78, 5) is 17.2. The largest absolute Gasteiger partial charge is 0.390 e. The Kier molecular flexibility index (Phi) is 4.50. The minimum Gasteiger partial charge on any atom is -0.390 e. The number of likely N-dealkylation sites (tertiary alicyclic amines) is 1. The molecule has 0 spiro atoms. The SMILES string of the molecule is CSc1ccccc1C(=O)N1CC(O)C(N(C)C)C1. The molecule has 4 nitrogen and oxygen atoms in total. The van der Waals surface area contributed by atoms with Crippen LogP contribution in [0.3, 0.4) is 0 Å². The average molecular weight is 280 g/mol. The van der Waals surface area contributed by atoms with Gasteiger partial charge in [-0.05, 0) is 32.5 Å². The average Bonchev–Trinajstić information content (AvgIpc) is 2.80. The molecule has 1 aliphatic rings. The highest BCUT2D eigenvalue weighted by atomic mass is 32.2. The second-order valence-electron chi connectivity index (χ2n) is 5.01. The smallest absolute Gasteiger partial charge is 0.255 e. The van der Waals surface area contributed by atoms with Gasteiger partial charge in [0.25, 0.3) is 5.91 Å². The molecule has 1 aliphatic heterocycles. The van der Waals surface area contributed by atoms with Gasteiger partial charge in [0.1, 0.15) is 0 Å². The summed E-state index contributed by atoms with van der Waals surface area (Å²) in [5.41, 5.74) is 0.724. The molecule has 19 heavy (non-hydrogen) atoms. The van der Waals surface area contributed by atoms with Gasteiger partial charge >= 0.3 is 0 Å². The number of aliphatic hydroxyl groups excluding tert-OH is 1. The fraction of sp³-hybridized carbons (Fsp3) is 0.500. The van der Waals surface area contributed by atoms with Crippen molar-refractivity contribution in [2.45, 2.75) is 17.0 Å². The number of likely N-dealkylation sites (N-methyl/N-ethyl adjacent to an activating group) is 1. The highest BCUT2D eigenvalue weighted by Gasteiger charge is 2.35. The number of aliphatic hydroxyl groups is 1. The third-order valence-corrected chi connectivity index (χ3v) is 4.34. The van der Waals surface area contributed by atoms with Crippen LogP contribution in [0, 0.1) is 0 Å². The van der Waals surface area contributed by atoms with E-state index < -0.39 is 6.10 Å². The van der Waals surface area contributed by atoms with Crippen molar-refractivity contribution in [1.82, 2.24) is 9.80 Å². The lowest BCUT2D eigenvalue weighted by molar-refractivity contribution is 0.0760. The number of thioether (sulfide) groups is 1. The van der Waals surface area contributed by atoms with Gasteiger partial charge in [0.2, 0.25) is 0 Å². The van der Waals surface area contributed by atoms with E-state index in [0.717, 1.165) is 10.5 Å². The zero-order valence-corrected chi connectivity index (χ0v) is 12.4. The number of nitrogens with zero attached hydrogens (tertiary/aromatic N) is 2. The lowest BCUT2D eigenvalue weighted by Crippen LogP contribution is -2.38. The van der Waals surface area contributed by atoms with Crippen molar-refractivity contribution in [2.24, 2.45) is 0 Å². The zero-order chi connectivity index (χ0) is 14.0. The predicted molar refractivity (Wildman–Crippen MR) is 77.6 cm³/mol. The van der Waals surface area contributed by atoms with E-state index in [1.54, 1.807) is 16.7 Å². The fourth-order valence-corrected chi connectivity index (χ4v) is 3.02. The summed E-state index contributed by atoms with van der Waals surface area (Å²) < 4.78 is 0. The van der Waals surface area contributed by atoms with Crippen LogP contribution in [0.15, 0.2) is 29.2 Å². The van der Waals surface area contributed by atoms with Gasteiger partial charge < -0.3 is 14.9 Å². The Balaban J connectivity index is 2.17. The fourth-order valence-electron chi connectivity index (χ4n) is 2.43. The van der Waals surface area contributed by atoms with Crippen LogP contribution in [0.5, 0.6) is 0 Å². The Hall–Kier alpha value is -1.04. The minimum atomic E-state index is -0.472. The number of β-amino-alcohol motifs (C(OH)–C–C–N with tert-alkyl or cyclic N) is 1. The highest BCUT2D eigenvalue weighted by Crippen LogP contribution is 2.24. The predicted octanol–water partition coefficient (Wildman–Crippen LogP) is 1.16. The maximum Gasteiger partial charge on any atom is 0.255 e. The second-order valence-corrected chi connectivity index (χ2v) is 5.86. The molecule has 1 N–H and O–H groups in total. The summed E-state index contributed by atoms with van der Waals surface area (Å²) in [6.07, 6.45) is 1.49. The van der Waals surface area contributed by atoms with Crippen LogP contribution in [0.25, 0.3) is 0 Å². The molecular formula is C14H20N2O2S. The van der Waals surface area contributed by atoms with Crippen molar-refractivity contribution in [2.75, 3.05) is 33.4 Å². The molecule has 0 bridgehead atoms. The van der Waals surface area contributed by atoms with Crippen LogP contribution >= 0.6 is 11.8 Å². The standard InChI is InChI=1S/C14H20N2O2S/c1-15(2)11-8-16(9-12(11)17)14(18)10-6-4-5-7-13(10)19-3/h4-7,11-12,17H,8-9H2,1-3H3. The maximum atomic E-state index is 12.5. The van der Waals surface area contributed by atoms with Crippen molar-refractivity contribution in [3.05, 3.63) is 29.8 Å². The Morgan fingerprint density at radius 1 is 1.37 bits per heavy atom. The van der Waals surface area contributed by atoms with Gasteiger partial charge in [0.15, 0.2) is 0 Å². The summed E-state index contributed by atoms with van der Waals surface area (Å²) in [6.45, 7) is 0.986. The Morgan fingerprint density at radius 3 is 2.63 bits per heavy atom. The third kappa shape index (κ3) is 2.94. The number of hydrogen-bond donors (Lipinski definition) is 1. The van der Waals surface area contributed by atoms with E-state index in [-0.39, 0.29) is 11.9 Å². The first-order valence-corrected chi connectivity index (χ1v) is 7.54. The molecule has 1 heterocycles. The number of rotatable bonds is 3. The molecule has 0 aliphatic carbocycles. The van der Waals surface area contributed by atoms with E-state index in [9.17, 15) is 9.90 Å². The topological polar surface area (TPSA) is 43.8 Å². The van der Waals surface area contributed by atoms with Gasteiger partial charge in [-0.2, -0.15) is 0 Å². The summed E-state index contributed by atoms with van der Waals surface area (Å²) in [5.74, 6) is 0.00773. The molecule has 1 aromatic rings. The van der Waals surface area contributed by atoms with E-state index in [1.807, 2.05) is 49.5 Å². The molecule has 2 rings (SSSR count). The Bertz CT molecular complexity index is 465. The van der Waals surface area contributed by atoms with Gasteiger partial charge in [-0.15, -0.1) is 11.8 Å². The van der Waals surface area contributed by atoms with Crippen LogP contribution in [-0.2, 0) is 0 Å². The maximum absolute atomic E-state index is 12.5. The number of hydrogen-bond acceptors (Lipinski definition) is 4. The summed E-state index contributed by atoms with van der Waals surface area (Å²) in [6, 6.07) is 7.63. The molecule has 0 saturated carbocycles. The minimum absolute atomic E-state index is 0.00773. The van der Waals surface area contributed by atoms with Crippen molar-refractivity contribution in [3.8, 4) is 0 Å². The molecule has 1 aromatic carbocycles. The number of carbonyl (C=O) groups excluding carboxylic acids is 1. The van der Waals surface area contributed by atoms with Crippen LogP contribution in [0.2, 0.25) is 0 Å². The number of amides is 1. The molecule has 2 atom stereocenters. The van der Waals surface area contributed by atoms with Crippen molar-refractivity contribution >= 4 is 17.7 Å². The van der Waals surface area contributed by atoms with Crippen LogP contribution in [0.1, 0.15) is 10.4 Å². The van der Waals surface area contributed by atoms with E-state index >= 15 is 0 Å². The van der Waals surface area contributed by atoms with Crippen LogP contribution in [0.4, 0.5) is 0 Å². The van der Waals surface area contributed by atoms with Crippen molar-refractivity contribution in [3.63, 3.8) is 0 Å². The van der Waals surface area contributed by atoms with Crippen LogP contribution in [-0.4, -0.2) is 66.4 Å². The van der Waals surface area contributed by atoms with E-state index in [0.29, 0.717) is 13.1 Å². The summed E-state index contributed by atoms with van der Waals surface area (Å²) >= 11 is 1.57. The molecule has 5 heteroatoms. The normalized spacial score (nSPS) is 23.1. The van der Waals surface area contributed by atoms with Crippen LogP contribution < -0.4 is 0 Å². The quantitative estimate of drug-likeness (QED) is 0.844. The molecule has 104 valence electrons. The van der Waals surface area contributed by atoms with Gasteiger partial charge in [0.05, 0.1) is 17.7 Å². The van der Waals surface area contributed by atoms with Gasteiger partial charge in [0, 0.05) is 18.0 Å². The van der Waals surface area contributed by atoms with E-state index in [2.05, 4.69) is 0 Å². The zero-order valence-electron chi connectivity index (χ0n) is 11.5. The summed E-state index contributed by atoms with van der Waals surface area (Å²) in [5, 5.41) is 10.0. The van der Waals surface area contributed by atoms with E-state index in [1.165, 1.54) is 0 Å². The van der Waals surface area contributed by atoms with Gasteiger partial charge in [-0.3, -0.25) is 4.79 Å². The number of carbonyl (C=O) groups is 1. The van der Waals surface area contributed by atoms with Crippen molar-refractivity contribution in [1.29, 1.82) is 0 Å². The second kappa shape index (κ2) is 5.94. The summed E-state index contributed by atoms with van der Waals surface area (Å²) in [7, 11) is 3.86. The molecule has 1 fully saturated rings. The molecule has 0 radical (unpaired) electrons. The highest BCUT2D eigenvalue weighted by molar-refractivity contribution is 7.98. The molecule has 2 unspecified atom stereocenters. The van der Waals surface area contributed by atoms with Gasteiger partial charge in [-0.1, -0.05) is 12.1 Å². The Labute approximate surface area is 118 Å². The van der Waals surface area contributed by atoms with Crippen molar-refractivity contribution < 1.29 is 9.90 Å². The first-order chi connectivity index (χ1) is 9.04. The van der Waals surface area contributed by atoms with Gasteiger partial charge in [-0.25, -0.2) is 0 Å².